The van der Waals surface area contributed by atoms with Crippen LogP contribution in [0, 0.1) is 0 Å². The number of hydrogen-bond acceptors (Lipinski definition) is 2. The van der Waals surface area contributed by atoms with E-state index >= 15 is 0 Å². The molecule has 1 aliphatic heterocycles. The Balaban J connectivity index is 1.88. The summed E-state index contributed by atoms with van der Waals surface area (Å²) in [6, 6.07) is 18.8. The van der Waals surface area contributed by atoms with E-state index < -0.39 is 0 Å². The third kappa shape index (κ3) is 2.43. The molecule has 96 valence electrons. The van der Waals surface area contributed by atoms with Crippen LogP contribution in [-0.4, -0.2) is 4.62 Å². The molecule has 0 saturated carbocycles. The van der Waals surface area contributed by atoms with Crippen LogP contribution in [-0.2, 0) is 10.4 Å². The molecule has 2 aromatic carbocycles. The lowest BCUT2D eigenvalue weighted by Gasteiger charge is -2.21. The van der Waals surface area contributed by atoms with Crippen LogP contribution in [0.4, 0.5) is 0 Å². The predicted octanol–water partition coefficient (Wildman–Crippen LogP) is 4.70. The molecular formula is C16H14BrNO. The second-order valence-electron chi connectivity index (χ2n) is 4.91. The second kappa shape index (κ2) is 4.82. The zero-order valence-electron chi connectivity index (χ0n) is 10.6. The summed E-state index contributed by atoms with van der Waals surface area (Å²) >= 11 is 3.39. The SMILES string of the molecule is C[C@]1(c2ccc(-c3ccccc3)cc2)CC(Br)=NO1. The van der Waals surface area contributed by atoms with Gasteiger partial charge in [-0.15, -0.1) is 0 Å². The number of rotatable bonds is 2. The molecule has 2 nitrogen and oxygen atoms in total. The first kappa shape index (κ1) is 12.4. The highest BCUT2D eigenvalue weighted by Gasteiger charge is 2.35. The van der Waals surface area contributed by atoms with Crippen LogP contribution in [0.3, 0.4) is 0 Å². The topological polar surface area (TPSA) is 21.6 Å². The highest BCUT2D eigenvalue weighted by Crippen LogP contribution is 2.36. The van der Waals surface area contributed by atoms with Gasteiger partial charge in [-0.25, -0.2) is 0 Å². The van der Waals surface area contributed by atoms with Crippen molar-refractivity contribution < 1.29 is 4.84 Å². The summed E-state index contributed by atoms with van der Waals surface area (Å²) in [7, 11) is 0. The van der Waals surface area contributed by atoms with Gasteiger partial charge in [-0.1, -0.05) is 59.8 Å². The van der Waals surface area contributed by atoms with E-state index in [1.165, 1.54) is 11.1 Å². The summed E-state index contributed by atoms with van der Waals surface area (Å²) in [6.07, 6.45) is 0.775. The molecule has 0 bridgehead atoms. The Morgan fingerprint density at radius 2 is 1.63 bits per heavy atom. The van der Waals surface area contributed by atoms with Gasteiger partial charge in [0, 0.05) is 6.42 Å². The fourth-order valence-corrected chi connectivity index (χ4v) is 2.90. The van der Waals surface area contributed by atoms with Crippen LogP contribution in [0.15, 0.2) is 59.8 Å². The molecule has 0 saturated heterocycles. The molecule has 0 fully saturated rings. The van der Waals surface area contributed by atoms with E-state index in [4.69, 9.17) is 4.84 Å². The van der Waals surface area contributed by atoms with E-state index in [1.54, 1.807) is 0 Å². The van der Waals surface area contributed by atoms with E-state index in [2.05, 4.69) is 76.5 Å². The average Bonchev–Trinajstić information content (AvgIpc) is 2.81. The summed E-state index contributed by atoms with van der Waals surface area (Å²) in [5, 5.41) is 3.98. The maximum Gasteiger partial charge on any atom is 0.166 e. The molecular weight excluding hydrogens is 302 g/mol. The molecule has 3 rings (SSSR count). The summed E-state index contributed by atoms with van der Waals surface area (Å²) < 4.78 is 0.863. The number of halogens is 1. The molecule has 0 aliphatic carbocycles. The third-order valence-electron chi connectivity index (χ3n) is 3.43. The monoisotopic (exact) mass is 315 g/mol. The van der Waals surface area contributed by atoms with Crippen molar-refractivity contribution in [1.82, 2.24) is 0 Å². The van der Waals surface area contributed by atoms with Crippen molar-refractivity contribution in [3.63, 3.8) is 0 Å². The highest BCUT2D eigenvalue weighted by molar-refractivity contribution is 9.18. The van der Waals surface area contributed by atoms with Gasteiger partial charge in [-0.05, 0) is 39.5 Å². The maximum atomic E-state index is 5.53. The van der Waals surface area contributed by atoms with Crippen LogP contribution in [0.25, 0.3) is 11.1 Å². The van der Waals surface area contributed by atoms with Gasteiger partial charge in [0.25, 0.3) is 0 Å². The Morgan fingerprint density at radius 1 is 1.00 bits per heavy atom. The zero-order valence-corrected chi connectivity index (χ0v) is 12.2. The molecule has 0 radical (unpaired) electrons. The van der Waals surface area contributed by atoms with E-state index in [9.17, 15) is 0 Å². The largest absolute Gasteiger partial charge is 0.383 e. The summed E-state index contributed by atoms with van der Waals surface area (Å²) in [4.78, 5) is 5.53. The normalized spacial score (nSPS) is 21.9. The van der Waals surface area contributed by atoms with Gasteiger partial charge in [0.05, 0.1) is 0 Å². The molecule has 1 aliphatic rings. The summed E-state index contributed by atoms with van der Waals surface area (Å²) in [6.45, 7) is 2.06. The minimum Gasteiger partial charge on any atom is -0.383 e. The quantitative estimate of drug-likeness (QED) is 0.787. The standard InChI is InChI=1S/C16H14BrNO/c1-16(11-15(17)18-19-16)14-9-7-13(8-10-14)12-5-3-2-4-6-12/h2-10H,11H2,1H3/t16-/m1/s1. The van der Waals surface area contributed by atoms with Crippen LogP contribution in [0.2, 0.25) is 0 Å². The van der Waals surface area contributed by atoms with E-state index in [0.717, 1.165) is 16.6 Å². The van der Waals surface area contributed by atoms with Crippen molar-refractivity contribution in [2.45, 2.75) is 18.9 Å². The van der Waals surface area contributed by atoms with Gasteiger partial charge in [-0.3, -0.25) is 0 Å². The van der Waals surface area contributed by atoms with Gasteiger partial charge in [0.2, 0.25) is 0 Å². The van der Waals surface area contributed by atoms with Crippen molar-refractivity contribution in [3.05, 3.63) is 60.2 Å². The molecule has 0 N–H and O–H groups in total. The van der Waals surface area contributed by atoms with Crippen LogP contribution in [0.1, 0.15) is 18.9 Å². The lowest BCUT2D eigenvalue weighted by atomic mass is 9.92. The predicted molar refractivity (Wildman–Crippen MR) is 81.3 cm³/mol. The molecule has 1 atom stereocenters. The molecule has 19 heavy (non-hydrogen) atoms. The zero-order chi connectivity index (χ0) is 13.3. The van der Waals surface area contributed by atoms with Crippen molar-refractivity contribution in [1.29, 1.82) is 0 Å². The highest BCUT2D eigenvalue weighted by atomic mass is 79.9. The minimum atomic E-state index is -0.353. The van der Waals surface area contributed by atoms with Crippen molar-refractivity contribution >= 4 is 20.6 Å². The average molecular weight is 316 g/mol. The van der Waals surface area contributed by atoms with Crippen LogP contribution in [0.5, 0.6) is 0 Å². The molecule has 0 unspecified atom stereocenters. The minimum absolute atomic E-state index is 0.353. The van der Waals surface area contributed by atoms with E-state index in [0.29, 0.717) is 0 Å². The Kier molecular flexibility index (Phi) is 3.15. The molecule has 0 aromatic heterocycles. The van der Waals surface area contributed by atoms with Gasteiger partial charge >= 0.3 is 0 Å². The molecule has 1 heterocycles. The van der Waals surface area contributed by atoms with Crippen molar-refractivity contribution in [3.8, 4) is 11.1 Å². The maximum absolute atomic E-state index is 5.53. The van der Waals surface area contributed by atoms with Gasteiger partial charge in [0.15, 0.2) is 5.60 Å². The first-order valence-corrected chi connectivity index (χ1v) is 7.03. The molecule has 3 heteroatoms. The Labute approximate surface area is 121 Å². The first-order chi connectivity index (χ1) is 9.17. The first-order valence-electron chi connectivity index (χ1n) is 6.24. The van der Waals surface area contributed by atoms with Crippen molar-refractivity contribution in [2.75, 3.05) is 0 Å². The fourth-order valence-electron chi connectivity index (χ4n) is 2.29. The summed E-state index contributed by atoms with van der Waals surface area (Å²) in [5.41, 5.74) is 3.23. The van der Waals surface area contributed by atoms with E-state index in [-0.39, 0.29) is 5.60 Å². The molecule has 0 spiro atoms. The Bertz CT molecular complexity index is 606. The number of oxime groups is 1. The third-order valence-corrected chi connectivity index (χ3v) is 3.86. The Hall–Kier alpha value is -1.61. The smallest absolute Gasteiger partial charge is 0.166 e. The van der Waals surface area contributed by atoms with Gasteiger partial charge in [0.1, 0.15) is 4.62 Å². The molecule has 2 aromatic rings. The van der Waals surface area contributed by atoms with Crippen LogP contribution < -0.4 is 0 Å². The second-order valence-corrected chi connectivity index (χ2v) is 5.83. The van der Waals surface area contributed by atoms with E-state index in [1.807, 2.05) is 6.07 Å². The number of hydrogen-bond donors (Lipinski definition) is 0. The van der Waals surface area contributed by atoms with Gasteiger partial charge in [-0.2, -0.15) is 0 Å². The van der Waals surface area contributed by atoms with Crippen LogP contribution >= 0.6 is 15.9 Å². The fraction of sp³-hybridized carbons (Fsp3) is 0.188. The molecule has 0 amide bonds. The Morgan fingerprint density at radius 3 is 2.21 bits per heavy atom. The lowest BCUT2D eigenvalue weighted by Crippen LogP contribution is -2.20. The number of nitrogens with zero attached hydrogens (tertiary/aromatic N) is 1. The lowest BCUT2D eigenvalue weighted by molar-refractivity contribution is -0.00737. The van der Waals surface area contributed by atoms with Gasteiger partial charge < -0.3 is 4.84 Å². The summed E-state index contributed by atoms with van der Waals surface area (Å²) in [5.74, 6) is 0. The number of benzene rings is 2. The van der Waals surface area contributed by atoms with Crippen molar-refractivity contribution in [2.24, 2.45) is 5.16 Å².